The van der Waals surface area contributed by atoms with Crippen molar-refractivity contribution in [2.24, 2.45) is 11.3 Å². The Kier molecular flexibility index (Phi) is 3.37. The molecule has 3 atom stereocenters. The Morgan fingerprint density at radius 2 is 1.79 bits per heavy atom. The smallest absolute Gasteiger partial charge is 0.186 e. The number of fused-ring (bicyclic) bond motifs is 3. The molecule has 0 spiro atoms. The Morgan fingerprint density at radius 1 is 1.08 bits per heavy atom. The molecule has 1 aromatic carbocycles. The lowest BCUT2D eigenvalue weighted by Crippen LogP contribution is -2.40. The number of hydrogen-bond acceptors (Lipinski definition) is 3. The molecule has 1 aromatic rings. The monoisotopic (exact) mass is 324 g/mol. The standard InChI is InChI=1S/C21H24O3/c1-20(2)18(21(3)11-10-19(20)24-21)9-5-13-4-6-14-15(12-13)17(23)8-7-16(14)22/h4,6-8,12,18-19H,5,9-11H2,1-3H3/t18-,19+,21-/m1/s1. The van der Waals surface area contributed by atoms with Crippen LogP contribution in [0.5, 0.6) is 0 Å². The molecule has 3 aliphatic rings. The van der Waals surface area contributed by atoms with Crippen LogP contribution >= 0.6 is 0 Å². The predicted octanol–water partition coefficient (Wildman–Crippen LogP) is 4.15. The average molecular weight is 324 g/mol. The third-order valence-corrected chi connectivity index (χ3v) is 6.50. The fourth-order valence-electron chi connectivity index (χ4n) is 5.14. The highest BCUT2D eigenvalue weighted by Crippen LogP contribution is 2.58. The molecule has 0 N–H and O–H groups in total. The van der Waals surface area contributed by atoms with E-state index in [1.165, 1.54) is 18.6 Å². The molecule has 126 valence electrons. The van der Waals surface area contributed by atoms with E-state index in [0.29, 0.717) is 23.1 Å². The fraction of sp³-hybridized carbons (Fsp3) is 0.524. The molecule has 1 aliphatic carbocycles. The summed E-state index contributed by atoms with van der Waals surface area (Å²) in [5.74, 6) is 0.380. The van der Waals surface area contributed by atoms with E-state index >= 15 is 0 Å². The van der Waals surface area contributed by atoms with Crippen LogP contribution in [-0.2, 0) is 11.2 Å². The second-order valence-electron chi connectivity index (χ2n) is 8.31. The molecule has 0 saturated carbocycles. The van der Waals surface area contributed by atoms with Gasteiger partial charge in [0.05, 0.1) is 11.7 Å². The van der Waals surface area contributed by atoms with Gasteiger partial charge in [-0.2, -0.15) is 0 Å². The van der Waals surface area contributed by atoms with E-state index in [-0.39, 0.29) is 22.6 Å². The topological polar surface area (TPSA) is 43.4 Å². The van der Waals surface area contributed by atoms with Crippen molar-refractivity contribution in [2.45, 2.75) is 58.2 Å². The SMILES string of the molecule is CC1(C)[C@@H]2CC[C@@](C)(O2)[C@@H]1CCc1ccc2c(c1)C(=O)C=CC2=O. The number of allylic oxidation sites excluding steroid dienone is 2. The van der Waals surface area contributed by atoms with Crippen molar-refractivity contribution in [3.8, 4) is 0 Å². The summed E-state index contributed by atoms with van der Waals surface area (Å²) in [5.41, 5.74) is 2.41. The predicted molar refractivity (Wildman–Crippen MR) is 92.3 cm³/mol. The van der Waals surface area contributed by atoms with Gasteiger partial charge in [0.15, 0.2) is 11.6 Å². The molecule has 0 amide bonds. The van der Waals surface area contributed by atoms with Gasteiger partial charge >= 0.3 is 0 Å². The van der Waals surface area contributed by atoms with Crippen LogP contribution in [0.3, 0.4) is 0 Å². The highest BCUT2D eigenvalue weighted by molar-refractivity contribution is 6.22. The number of hydrogen-bond donors (Lipinski definition) is 0. The molecule has 24 heavy (non-hydrogen) atoms. The number of ether oxygens (including phenoxy) is 1. The van der Waals surface area contributed by atoms with Gasteiger partial charge in [0.2, 0.25) is 0 Å². The number of rotatable bonds is 3. The minimum absolute atomic E-state index is 0.00308. The third-order valence-electron chi connectivity index (χ3n) is 6.50. The Labute approximate surface area is 143 Å². The Hall–Kier alpha value is -1.74. The zero-order valence-electron chi connectivity index (χ0n) is 14.6. The van der Waals surface area contributed by atoms with E-state index in [2.05, 4.69) is 20.8 Å². The molecule has 2 aliphatic heterocycles. The number of ketones is 2. The van der Waals surface area contributed by atoms with Gasteiger partial charge in [0.1, 0.15) is 0 Å². The highest BCUT2D eigenvalue weighted by Gasteiger charge is 2.60. The van der Waals surface area contributed by atoms with Crippen molar-refractivity contribution in [3.05, 3.63) is 47.0 Å². The molecule has 2 saturated heterocycles. The first kappa shape index (κ1) is 15.8. The molecule has 0 unspecified atom stereocenters. The van der Waals surface area contributed by atoms with Crippen LogP contribution in [0.2, 0.25) is 0 Å². The van der Waals surface area contributed by atoms with E-state index in [1.807, 2.05) is 12.1 Å². The first-order chi connectivity index (χ1) is 11.3. The van der Waals surface area contributed by atoms with Crippen molar-refractivity contribution in [3.63, 3.8) is 0 Å². The van der Waals surface area contributed by atoms with Gasteiger partial charge in [0, 0.05) is 11.1 Å². The van der Waals surface area contributed by atoms with E-state index in [1.54, 1.807) is 6.07 Å². The highest BCUT2D eigenvalue weighted by atomic mass is 16.5. The van der Waals surface area contributed by atoms with Crippen LogP contribution in [0.25, 0.3) is 0 Å². The molecular formula is C21H24O3. The van der Waals surface area contributed by atoms with Crippen LogP contribution in [0.1, 0.15) is 66.3 Å². The number of benzene rings is 1. The number of carbonyl (C=O) groups excluding carboxylic acids is 2. The van der Waals surface area contributed by atoms with Crippen LogP contribution in [0, 0.1) is 11.3 Å². The molecule has 3 heteroatoms. The van der Waals surface area contributed by atoms with Crippen LogP contribution < -0.4 is 0 Å². The second kappa shape index (κ2) is 5.13. The quantitative estimate of drug-likeness (QED) is 0.839. The van der Waals surface area contributed by atoms with Gasteiger partial charge in [-0.15, -0.1) is 0 Å². The molecule has 2 heterocycles. The van der Waals surface area contributed by atoms with Crippen molar-refractivity contribution in [2.75, 3.05) is 0 Å². The maximum absolute atomic E-state index is 12.0. The van der Waals surface area contributed by atoms with E-state index in [0.717, 1.165) is 24.8 Å². The van der Waals surface area contributed by atoms with Crippen molar-refractivity contribution < 1.29 is 14.3 Å². The minimum atomic E-state index is -0.0775. The van der Waals surface area contributed by atoms with E-state index < -0.39 is 0 Å². The zero-order valence-corrected chi connectivity index (χ0v) is 14.6. The summed E-state index contributed by atoms with van der Waals surface area (Å²) in [6.45, 7) is 6.91. The number of aryl methyl sites for hydroxylation is 1. The van der Waals surface area contributed by atoms with Crippen molar-refractivity contribution in [1.29, 1.82) is 0 Å². The van der Waals surface area contributed by atoms with Crippen LogP contribution in [-0.4, -0.2) is 23.3 Å². The Morgan fingerprint density at radius 3 is 2.46 bits per heavy atom. The van der Waals surface area contributed by atoms with E-state index in [4.69, 9.17) is 4.74 Å². The normalized spacial score (nSPS) is 33.1. The molecule has 0 radical (unpaired) electrons. The molecule has 3 nitrogen and oxygen atoms in total. The average Bonchev–Trinajstić information content (AvgIpc) is 3.02. The van der Waals surface area contributed by atoms with Crippen molar-refractivity contribution >= 4 is 11.6 Å². The summed E-state index contributed by atoms with van der Waals surface area (Å²) in [7, 11) is 0. The van der Waals surface area contributed by atoms with E-state index in [9.17, 15) is 9.59 Å². The third kappa shape index (κ3) is 2.21. The first-order valence-corrected chi connectivity index (χ1v) is 8.89. The van der Waals surface area contributed by atoms with Gasteiger partial charge in [-0.1, -0.05) is 26.0 Å². The lowest BCUT2D eigenvalue weighted by molar-refractivity contribution is 0.00469. The van der Waals surface area contributed by atoms with Gasteiger partial charge in [-0.05, 0) is 67.7 Å². The van der Waals surface area contributed by atoms with Gasteiger partial charge in [-0.3, -0.25) is 9.59 Å². The van der Waals surface area contributed by atoms with Crippen LogP contribution in [0.4, 0.5) is 0 Å². The van der Waals surface area contributed by atoms with Crippen molar-refractivity contribution in [1.82, 2.24) is 0 Å². The van der Waals surface area contributed by atoms with Crippen LogP contribution in [0.15, 0.2) is 30.4 Å². The molecule has 0 aromatic heterocycles. The molecule has 2 fully saturated rings. The summed E-state index contributed by atoms with van der Waals surface area (Å²) in [6.07, 6.45) is 7.40. The lowest BCUT2D eigenvalue weighted by atomic mass is 9.62. The van der Waals surface area contributed by atoms with Gasteiger partial charge in [0.25, 0.3) is 0 Å². The summed E-state index contributed by atoms with van der Waals surface area (Å²) in [5, 5.41) is 0. The largest absolute Gasteiger partial charge is 0.371 e. The van der Waals surface area contributed by atoms with Gasteiger partial charge in [-0.25, -0.2) is 0 Å². The summed E-state index contributed by atoms with van der Waals surface area (Å²) in [6, 6.07) is 5.70. The maximum Gasteiger partial charge on any atom is 0.186 e. The molecular weight excluding hydrogens is 300 g/mol. The van der Waals surface area contributed by atoms with Gasteiger partial charge < -0.3 is 4.74 Å². The minimum Gasteiger partial charge on any atom is -0.371 e. The fourth-order valence-corrected chi connectivity index (χ4v) is 5.14. The summed E-state index contributed by atoms with van der Waals surface area (Å²) >= 11 is 0. The number of carbonyl (C=O) groups is 2. The summed E-state index contributed by atoms with van der Waals surface area (Å²) in [4.78, 5) is 23.9. The lowest BCUT2D eigenvalue weighted by Gasteiger charge is -2.39. The zero-order chi connectivity index (χ0) is 17.1. The maximum atomic E-state index is 12.0. The Bertz CT molecular complexity index is 754. The second-order valence-corrected chi connectivity index (χ2v) is 8.31. The molecule has 2 bridgehead atoms. The Balaban J connectivity index is 1.54. The first-order valence-electron chi connectivity index (χ1n) is 8.89. The summed E-state index contributed by atoms with van der Waals surface area (Å²) < 4.78 is 6.29. The molecule has 4 rings (SSSR count).